The summed E-state index contributed by atoms with van der Waals surface area (Å²) in [6.45, 7) is 1.46. The molecule has 2 aromatic rings. The summed E-state index contributed by atoms with van der Waals surface area (Å²) in [7, 11) is 0. The van der Waals surface area contributed by atoms with Gasteiger partial charge in [-0.3, -0.25) is 14.4 Å². The zero-order valence-electron chi connectivity index (χ0n) is 13.3. The van der Waals surface area contributed by atoms with Crippen LogP contribution in [0.25, 0.3) is 0 Å². The van der Waals surface area contributed by atoms with Gasteiger partial charge in [-0.2, -0.15) is 0 Å². The van der Waals surface area contributed by atoms with Crippen LogP contribution in [0.4, 0.5) is 0 Å². The number of amides is 3. The third kappa shape index (κ3) is 4.26. The molecule has 130 valence electrons. The summed E-state index contributed by atoms with van der Waals surface area (Å²) < 4.78 is 0.779. The maximum absolute atomic E-state index is 12.4. The van der Waals surface area contributed by atoms with E-state index in [0.29, 0.717) is 30.1 Å². The normalized spacial score (nSPS) is 14.1. The quantitative estimate of drug-likeness (QED) is 0.792. The van der Waals surface area contributed by atoms with E-state index in [1.54, 1.807) is 24.3 Å². The third-order valence-electron chi connectivity index (χ3n) is 3.80. The number of rotatable bonds is 4. The lowest BCUT2D eigenvalue weighted by molar-refractivity contribution is -0.123. The SMILES string of the molecule is O=C1CN(C(=O)c2ccc(CNC(=O)c3sccc3Br)cc2)CCN1. The van der Waals surface area contributed by atoms with Crippen molar-refractivity contribution in [2.75, 3.05) is 19.6 Å². The second-order valence-electron chi connectivity index (χ2n) is 5.55. The van der Waals surface area contributed by atoms with Gasteiger partial charge >= 0.3 is 0 Å². The van der Waals surface area contributed by atoms with Crippen LogP contribution in [0.2, 0.25) is 0 Å². The van der Waals surface area contributed by atoms with Crippen molar-refractivity contribution < 1.29 is 14.4 Å². The molecule has 1 saturated heterocycles. The lowest BCUT2D eigenvalue weighted by Gasteiger charge is -2.26. The van der Waals surface area contributed by atoms with Crippen molar-refractivity contribution in [3.8, 4) is 0 Å². The second-order valence-corrected chi connectivity index (χ2v) is 7.32. The minimum atomic E-state index is -0.159. The summed E-state index contributed by atoms with van der Waals surface area (Å²) in [5.41, 5.74) is 1.43. The predicted octanol–water partition coefficient (Wildman–Crippen LogP) is 2.01. The Labute approximate surface area is 157 Å². The Morgan fingerprint density at radius 3 is 2.64 bits per heavy atom. The molecule has 1 aliphatic rings. The van der Waals surface area contributed by atoms with E-state index in [-0.39, 0.29) is 24.3 Å². The van der Waals surface area contributed by atoms with Gasteiger partial charge in [0.15, 0.2) is 0 Å². The Morgan fingerprint density at radius 1 is 1.24 bits per heavy atom. The first-order valence-corrected chi connectivity index (χ1v) is 9.38. The van der Waals surface area contributed by atoms with E-state index in [2.05, 4.69) is 26.6 Å². The van der Waals surface area contributed by atoms with Gasteiger partial charge in [0, 0.05) is 29.7 Å². The summed E-state index contributed by atoms with van der Waals surface area (Å²) in [6.07, 6.45) is 0. The van der Waals surface area contributed by atoms with Crippen LogP contribution >= 0.6 is 27.3 Å². The van der Waals surface area contributed by atoms with Gasteiger partial charge in [-0.25, -0.2) is 0 Å². The van der Waals surface area contributed by atoms with Gasteiger partial charge in [-0.1, -0.05) is 12.1 Å². The smallest absolute Gasteiger partial charge is 0.262 e. The van der Waals surface area contributed by atoms with Crippen molar-refractivity contribution in [3.05, 3.63) is 56.2 Å². The van der Waals surface area contributed by atoms with E-state index in [0.717, 1.165) is 10.0 Å². The molecule has 2 N–H and O–H groups in total. The number of nitrogens with zero attached hydrogens (tertiary/aromatic N) is 1. The minimum absolute atomic E-state index is 0.0896. The summed E-state index contributed by atoms with van der Waals surface area (Å²) >= 11 is 4.71. The maximum atomic E-state index is 12.4. The van der Waals surface area contributed by atoms with Gasteiger partial charge in [-0.15, -0.1) is 11.3 Å². The molecule has 1 aromatic heterocycles. The highest BCUT2D eigenvalue weighted by Gasteiger charge is 2.22. The molecule has 0 unspecified atom stereocenters. The number of carbonyl (C=O) groups is 3. The number of benzene rings is 1. The molecule has 2 heterocycles. The maximum Gasteiger partial charge on any atom is 0.262 e. The lowest BCUT2D eigenvalue weighted by atomic mass is 10.1. The molecule has 0 radical (unpaired) electrons. The Bertz CT molecular complexity index is 804. The molecule has 3 rings (SSSR count). The second kappa shape index (κ2) is 7.79. The summed E-state index contributed by atoms with van der Waals surface area (Å²) in [4.78, 5) is 38.0. The van der Waals surface area contributed by atoms with Gasteiger partial charge in [0.1, 0.15) is 4.88 Å². The first-order valence-electron chi connectivity index (χ1n) is 7.70. The monoisotopic (exact) mass is 421 g/mol. The molecule has 0 saturated carbocycles. The van der Waals surface area contributed by atoms with Crippen molar-refractivity contribution in [1.82, 2.24) is 15.5 Å². The van der Waals surface area contributed by atoms with Crippen LogP contribution in [0.3, 0.4) is 0 Å². The van der Waals surface area contributed by atoms with E-state index >= 15 is 0 Å². The van der Waals surface area contributed by atoms with Gasteiger partial charge in [0.2, 0.25) is 5.91 Å². The topological polar surface area (TPSA) is 78.5 Å². The zero-order chi connectivity index (χ0) is 17.8. The number of hydrogen-bond acceptors (Lipinski definition) is 4. The van der Waals surface area contributed by atoms with Crippen molar-refractivity contribution in [1.29, 1.82) is 0 Å². The fourth-order valence-corrected chi connectivity index (χ4v) is 3.95. The molecule has 0 bridgehead atoms. The number of halogens is 1. The molecular formula is C17H16BrN3O3S. The average molecular weight is 422 g/mol. The van der Waals surface area contributed by atoms with Crippen LogP contribution in [-0.2, 0) is 11.3 Å². The van der Waals surface area contributed by atoms with E-state index in [1.807, 2.05) is 11.4 Å². The summed E-state index contributed by atoms with van der Waals surface area (Å²) in [5.74, 6) is -0.437. The summed E-state index contributed by atoms with van der Waals surface area (Å²) in [5, 5.41) is 7.40. The Balaban J connectivity index is 1.58. The molecule has 3 amide bonds. The molecular weight excluding hydrogens is 406 g/mol. The highest BCUT2D eigenvalue weighted by Crippen LogP contribution is 2.22. The van der Waals surface area contributed by atoms with Crippen LogP contribution in [0.1, 0.15) is 25.6 Å². The van der Waals surface area contributed by atoms with Gasteiger partial charge in [0.05, 0.1) is 6.54 Å². The number of carbonyl (C=O) groups excluding carboxylic acids is 3. The first kappa shape index (κ1) is 17.6. The molecule has 8 heteroatoms. The standard InChI is InChI=1S/C17H16BrN3O3S/c18-13-5-8-25-15(13)16(23)20-9-11-1-3-12(4-2-11)17(24)21-7-6-19-14(22)10-21/h1-5,8H,6-7,9-10H2,(H,19,22)(H,20,23). The molecule has 1 aromatic carbocycles. The zero-order valence-corrected chi connectivity index (χ0v) is 15.7. The number of hydrogen-bond donors (Lipinski definition) is 2. The third-order valence-corrected chi connectivity index (χ3v) is 5.64. The number of thiophene rings is 1. The molecule has 6 nitrogen and oxygen atoms in total. The fraction of sp³-hybridized carbons (Fsp3) is 0.235. The van der Waals surface area contributed by atoms with Crippen LogP contribution < -0.4 is 10.6 Å². The van der Waals surface area contributed by atoms with Crippen molar-refractivity contribution >= 4 is 45.0 Å². The van der Waals surface area contributed by atoms with Crippen molar-refractivity contribution in [2.45, 2.75) is 6.54 Å². The van der Waals surface area contributed by atoms with Gasteiger partial charge < -0.3 is 15.5 Å². The minimum Gasteiger partial charge on any atom is -0.353 e. The highest BCUT2D eigenvalue weighted by molar-refractivity contribution is 9.10. The molecule has 0 atom stereocenters. The predicted molar refractivity (Wildman–Crippen MR) is 98.5 cm³/mol. The van der Waals surface area contributed by atoms with E-state index in [1.165, 1.54) is 16.2 Å². The largest absolute Gasteiger partial charge is 0.353 e. The van der Waals surface area contributed by atoms with Gasteiger partial charge in [0.25, 0.3) is 11.8 Å². The van der Waals surface area contributed by atoms with E-state index in [9.17, 15) is 14.4 Å². The van der Waals surface area contributed by atoms with E-state index in [4.69, 9.17) is 0 Å². The summed E-state index contributed by atoms with van der Waals surface area (Å²) in [6, 6.07) is 8.89. The Morgan fingerprint density at radius 2 is 2.00 bits per heavy atom. The van der Waals surface area contributed by atoms with Crippen molar-refractivity contribution in [3.63, 3.8) is 0 Å². The molecule has 0 spiro atoms. The molecule has 1 aliphatic heterocycles. The highest BCUT2D eigenvalue weighted by atomic mass is 79.9. The van der Waals surface area contributed by atoms with Crippen LogP contribution in [0.5, 0.6) is 0 Å². The lowest BCUT2D eigenvalue weighted by Crippen LogP contribution is -2.49. The molecule has 25 heavy (non-hydrogen) atoms. The Kier molecular flexibility index (Phi) is 5.50. The Hall–Kier alpha value is -2.19. The van der Waals surface area contributed by atoms with Crippen LogP contribution in [0, 0.1) is 0 Å². The number of piperazine rings is 1. The fourth-order valence-electron chi connectivity index (χ4n) is 2.48. The van der Waals surface area contributed by atoms with Crippen LogP contribution in [-0.4, -0.2) is 42.3 Å². The molecule has 1 fully saturated rings. The van der Waals surface area contributed by atoms with Gasteiger partial charge in [-0.05, 0) is 45.1 Å². The van der Waals surface area contributed by atoms with Crippen molar-refractivity contribution in [2.24, 2.45) is 0 Å². The molecule has 0 aliphatic carbocycles. The number of nitrogens with one attached hydrogen (secondary N) is 2. The first-order chi connectivity index (χ1) is 12.0. The average Bonchev–Trinajstić information content (AvgIpc) is 3.05. The van der Waals surface area contributed by atoms with Crippen LogP contribution in [0.15, 0.2) is 40.2 Å². The van der Waals surface area contributed by atoms with E-state index < -0.39 is 0 Å².